The summed E-state index contributed by atoms with van der Waals surface area (Å²) < 4.78 is 30.2. The largest absolute Gasteiger partial charge is 1.00 e. The monoisotopic (exact) mass is 253 g/mol. The van der Waals surface area contributed by atoms with E-state index in [4.69, 9.17) is 4.74 Å². The molecular formula is C9H12LiNO5S. The summed E-state index contributed by atoms with van der Waals surface area (Å²) in [5.74, 6) is -0.530. The first-order valence-electron chi connectivity index (χ1n) is 4.36. The zero-order valence-electron chi connectivity index (χ0n) is 10.5. The summed E-state index contributed by atoms with van der Waals surface area (Å²) >= 11 is 0. The van der Waals surface area contributed by atoms with Gasteiger partial charge in [0.1, 0.15) is 5.75 Å². The fourth-order valence-electron chi connectivity index (χ4n) is 0.928. The molecule has 1 aromatic carbocycles. The van der Waals surface area contributed by atoms with Gasteiger partial charge in [0.2, 0.25) is 0 Å². The molecule has 90 valence electrons. The van der Waals surface area contributed by atoms with Crippen LogP contribution in [0.5, 0.6) is 5.75 Å². The molecule has 1 unspecified atom stereocenters. The molecule has 0 spiro atoms. The van der Waals surface area contributed by atoms with Gasteiger partial charge in [-0.25, -0.2) is 14.1 Å². The summed E-state index contributed by atoms with van der Waals surface area (Å²) in [6.45, 7) is 1.23. The number of hydrogen-bond donors (Lipinski definition) is 1. The van der Waals surface area contributed by atoms with Crippen molar-refractivity contribution >= 4 is 16.3 Å². The van der Waals surface area contributed by atoms with E-state index in [1.807, 2.05) is 0 Å². The summed E-state index contributed by atoms with van der Waals surface area (Å²) in [4.78, 5) is 11.3. The number of rotatable bonds is 4. The predicted octanol–water partition coefficient (Wildman–Crippen LogP) is -2.68. The van der Waals surface area contributed by atoms with Crippen LogP contribution in [0.15, 0.2) is 30.3 Å². The first-order chi connectivity index (χ1) is 7.38. The standard InChI is InChI=1S/C9H11NO5S.Li.H/c1-7(15-16(10,12)13)9(11)14-8-5-3-2-4-6-8;;/h2-7H,1H3,(H2,10,12,13);;/q;+1;-1. The average Bonchev–Trinajstić information content (AvgIpc) is 2.16. The molecule has 0 radical (unpaired) electrons. The molecule has 0 fully saturated rings. The van der Waals surface area contributed by atoms with Crippen molar-refractivity contribution in [1.29, 1.82) is 0 Å². The summed E-state index contributed by atoms with van der Waals surface area (Å²) in [6, 6.07) is 8.21. The molecule has 0 heterocycles. The second kappa shape index (κ2) is 6.79. The molecule has 0 saturated carbocycles. The van der Waals surface area contributed by atoms with Crippen molar-refractivity contribution in [2.45, 2.75) is 13.0 Å². The maximum atomic E-state index is 11.3. The van der Waals surface area contributed by atoms with E-state index in [1.165, 1.54) is 6.92 Å². The van der Waals surface area contributed by atoms with Gasteiger partial charge in [0, 0.05) is 0 Å². The molecule has 2 N–H and O–H groups in total. The van der Waals surface area contributed by atoms with E-state index in [9.17, 15) is 13.2 Å². The Labute approximate surface area is 113 Å². The summed E-state index contributed by atoms with van der Waals surface area (Å²) in [7, 11) is -4.16. The SMILES string of the molecule is CC(OS(N)(=O)=O)C(=O)Oc1ccccc1.[H-].[Li+]. The maximum Gasteiger partial charge on any atom is 1.00 e. The van der Waals surface area contributed by atoms with E-state index in [1.54, 1.807) is 30.3 Å². The maximum absolute atomic E-state index is 11.3. The number of carbonyl (C=O) groups is 1. The summed E-state index contributed by atoms with van der Waals surface area (Å²) in [6.07, 6.45) is -1.28. The number of benzene rings is 1. The molecule has 0 amide bonds. The van der Waals surface area contributed by atoms with Crippen molar-refractivity contribution in [3.63, 3.8) is 0 Å². The van der Waals surface area contributed by atoms with Gasteiger partial charge in [-0.05, 0) is 19.1 Å². The van der Waals surface area contributed by atoms with Crippen molar-refractivity contribution in [3.05, 3.63) is 30.3 Å². The van der Waals surface area contributed by atoms with Gasteiger partial charge in [-0.3, -0.25) is 0 Å². The van der Waals surface area contributed by atoms with Crippen LogP contribution in [0, 0.1) is 0 Å². The van der Waals surface area contributed by atoms with Crippen molar-refractivity contribution in [3.8, 4) is 5.75 Å². The van der Waals surface area contributed by atoms with Gasteiger partial charge in [0.15, 0.2) is 6.10 Å². The summed E-state index contributed by atoms with van der Waals surface area (Å²) in [5.41, 5.74) is 0. The second-order valence-electron chi connectivity index (χ2n) is 2.97. The molecule has 0 saturated heterocycles. The first-order valence-corrected chi connectivity index (χ1v) is 5.83. The van der Waals surface area contributed by atoms with E-state index in [0.29, 0.717) is 5.75 Å². The molecule has 0 aliphatic carbocycles. The van der Waals surface area contributed by atoms with Gasteiger partial charge in [-0.2, -0.15) is 8.42 Å². The second-order valence-corrected chi connectivity index (χ2v) is 4.14. The molecule has 1 aromatic rings. The van der Waals surface area contributed by atoms with Crippen molar-refractivity contribution in [2.75, 3.05) is 0 Å². The number of carbonyl (C=O) groups excluding carboxylic acids is 1. The van der Waals surface area contributed by atoms with E-state index in [-0.39, 0.29) is 20.3 Å². The third kappa shape index (κ3) is 6.46. The zero-order valence-corrected chi connectivity index (χ0v) is 10.3. The van der Waals surface area contributed by atoms with Crippen LogP contribution >= 0.6 is 0 Å². The van der Waals surface area contributed by atoms with Gasteiger partial charge < -0.3 is 6.16 Å². The molecule has 8 heteroatoms. The molecule has 0 aliphatic rings. The van der Waals surface area contributed by atoms with E-state index < -0.39 is 22.4 Å². The third-order valence-electron chi connectivity index (χ3n) is 1.57. The molecule has 0 aliphatic heterocycles. The van der Waals surface area contributed by atoms with Crippen molar-refractivity contribution in [2.24, 2.45) is 5.14 Å². The molecule has 1 atom stereocenters. The molecule has 0 aromatic heterocycles. The van der Waals surface area contributed by atoms with E-state index in [0.717, 1.165) is 0 Å². The fourth-order valence-corrected chi connectivity index (χ4v) is 1.41. The molecular weight excluding hydrogens is 241 g/mol. The first kappa shape index (κ1) is 16.2. The van der Waals surface area contributed by atoms with Crippen LogP contribution in [0.4, 0.5) is 0 Å². The average molecular weight is 253 g/mol. The Morgan fingerprint density at radius 3 is 2.35 bits per heavy atom. The van der Waals surface area contributed by atoms with Gasteiger partial charge in [0.05, 0.1) is 0 Å². The number of esters is 1. The normalized spacial score (nSPS) is 12.4. The zero-order chi connectivity index (χ0) is 12.2. The van der Waals surface area contributed by atoms with E-state index in [2.05, 4.69) is 9.32 Å². The van der Waals surface area contributed by atoms with Crippen LogP contribution in [0.1, 0.15) is 8.35 Å². The smallest absolute Gasteiger partial charge is 1.00 e. The Morgan fingerprint density at radius 2 is 1.88 bits per heavy atom. The summed E-state index contributed by atoms with van der Waals surface area (Å²) in [5, 5.41) is 4.61. The Morgan fingerprint density at radius 1 is 1.35 bits per heavy atom. The Hall–Kier alpha value is -0.843. The minimum Gasteiger partial charge on any atom is -1.00 e. The molecule has 0 bridgehead atoms. The van der Waals surface area contributed by atoms with Gasteiger partial charge in [-0.15, -0.1) is 0 Å². The molecule has 17 heavy (non-hydrogen) atoms. The minimum absolute atomic E-state index is 0. The number of nitrogens with two attached hydrogens (primary N) is 1. The van der Waals surface area contributed by atoms with Crippen LogP contribution in [0.3, 0.4) is 0 Å². The quantitative estimate of drug-likeness (QED) is 0.358. The Kier molecular flexibility index (Phi) is 6.45. The number of para-hydroxylation sites is 1. The van der Waals surface area contributed by atoms with Gasteiger partial charge in [-0.1, -0.05) is 18.2 Å². The Balaban J connectivity index is 0. The van der Waals surface area contributed by atoms with E-state index >= 15 is 0 Å². The van der Waals surface area contributed by atoms with Crippen LogP contribution < -0.4 is 28.7 Å². The Bertz CT molecular complexity index is 467. The van der Waals surface area contributed by atoms with Gasteiger partial charge in [0.25, 0.3) is 0 Å². The predicted molar refractivity (Wildman–Crippen MR) is 56.8 cm³/mol. The molecule has 1 rings (SSSR count). The number of hydrogen-bond acceptors (Lipinski definition) is 5. The van der Waals surface area contributed by atoms with Crippen LogP contribution in [0.2, 0.25) is 0 Å². The van der Waals surface area contributed by atoms with Crippen LogP contribution in [-0.4, -0.2) is 20.5 Å². The topological polar surface area (TPSA) is 95.7 Å². The third-order valence-corrected chi connectivity index (χ3v) is 2.13. The van der Waals surface area contributed by atoms with Crippen molar-refractivity contribution in [1.82, 2.24) is 0 Å². The molecule has 6 nitrogen and oxygen atoms in total. The van der Waals surface area contributed by atoms with Crippen molar-refractivity contribution < 1.29 is 42.4 Å². The van der Waals surface area contributed by atoms with Crippen LogP contribution in [0.25, 0.3) is 0 Å². The van der Waals surface area contributed by atoms with Crippen LogP contribution in [-0.2, 0) is 19.3 Å². The number of ether oxygens (including phenoxy) is 1. The minimum atomic E-state index is -4.16. The van der Waals surface area contributed by atoms with Gasteiger partial charge >= 0.3 is 35.1 Å². The fraction of sp³-hybridized carbons (Fsp3) is 0.222.